The van der Waals surface area contributed by atoms with Gasteiger partial charge in [0.05, 0.1) is 5.52 Å². The lowest BCUT2D eigenvalue weighted by Crippen LogP contribution is -2.37. The minimum atomic E-state index is -0.281. The van der Waals surface area contributed by atoms with Crippen LogP contribution in [0.2, 0.25) is 0 Å². The van der Waals surface area contributed by atoms with E-state index >= 15 is 0 Å². The van der Waals surface area contributed by atoms with Crippen molar-refractivity contribution in [3.05, 3.63) is 71.8 Å². The van der Waals surface area contributed by atoms with E-state index < -0.39 is 0 Å². The molecule has 0 radical (unpaired) electrons. The highest BCUT2D eigenvalue weighted by molar-refractivity contribution is 6.02. The standard InChI is InChI=1S/C22H26N4O2/c1-15(2)23-21(27)19-18-12-8-9-13-25(18)20(24-19)22(28)26(16(3)4)14-17-10-6-5-7-11-17/h5-13,15-16H,14H2,1-4H3,(H,23,27). The van der Waals surface area contributed by atoms with Crippen molar-refractivity contribution in [2.45, 2.75) is 46.3 Å². The lowest BCUT2D eigenvalue weighted by atomic mass is 10.2. The third-order valence-corrected chi connectivity index (χ3v) is 4.45. The highest BCUT2D eigenvalue weighted by atomic mass is 16.2. The Morgan fingerprint density at radius 2 is 1.71 bits per heavy atom. The smallest absolute Gasteiger partial charge is 0.290 e. The number of hydrogen-bond acceptors (Lipinski definition) is 3. The van der Waals surface area contributed by atoms with Crippen LogP contribution in [0.5, 0.6) is 0 Å². The molecule has 3 aromatic rings. The number of fused-ring (bicyclic) bond motifs is 1. The molecule has 0 spiro atoms. The van der Waals surface area contributed by atoms with Gasteiger partial charge in [-0.2, -0.15) is 0 Å². The van der Waals surface area contributed by atoms with E-state index in [9.17, 15) is 9.59 Å². The first kappa shape index (κ1) is 19.6. The fraction of sp³-hybridized carbons (Fsp3) is 0.318. The van der Waals surface area contributed by atoms with Crippen molar-refractivity contribution in [1.82, 2.24) is 19.6 Å². The van der Waals surface area contributed by atoms with Gasteiger partial charge in [-0.3, -0.25) is 14.0 Å². The van der Waals surface area contributed by atoms with Gasteiger partial charge in [-0.05, 0) is 45.4 Å². The molecule has 0 aliphatic rings. The fourth-order valence-corrected chi connectivity index (χ4v) is 3.08. The Morgan fingerprint density at radius 1 is 1.04 bits per heavy atom. The molecule has 1 aromatic carbocycles. The summed E-state index contributed by atoms with van der Waals surface area (Å²) in [5.41, 5.74) is 1.93. The summed E-state index contributed by atoms with van der Waals surface area (Å²) < 4.78 is 1.69. The molecule has 0 unspecified atom stereocenters. The Kier molecular flexibility index (Phi) is 5.78. The number of amides is 2. The van der Waals surface area contributed by atoms with Crippen LogP contribution >= 0.6 is 0 Å². The predicted molar refractivity (Wildman–Crippen MR) is 109 cm³/mol. The van der Waals surface area contributed by atoms with Crippen LogP contribution in [0.1, 0.15) is 54.4 Å². The number of nitrogens with one attached hydrogen (secondary N) is 1. The summed E-state index contributed by atoms with van der Waals surface area (Å²) in [5, 5.41) is 2.86. The topological polar surface area (TPSA) is 66.7 Å². The van der Waals surface area contributed by atoms with Gasteiger partial charge in [0, 0.05) is 24.8 Å². The van der Waals surface area contributed by atoms with Crippen molar-refractivity contribution < 1.29 is 9.59 Å². The summed E-state index contributed by atoms with van der Waals surface area (Å²) in [7, 11) is 0. The summed E-state index contributed by atoms with van der Waals surface area (Å²) in [6.07, 6.45) is 1.77. The Hall–Kier alpha value is -3.15. The summed E-state index contributed by atoms with van der Waals surface area (Å²) in [6.45, 7) is 8.21. The Morgan fingerprint density at radius 3 is 2.36 bits per heavy atom. The molecule has 0 aliphatic carbocycles. The molecule has 0 fully saturated rings. The maximum Gasteiger partial charge on any atom is 0.290 e. The molecule has 6 nitrogen and oxygen atoms in total. The van der Waals surface area contributed by atoms with Gasteiger partial charge in [0.1, 0.15) is 0 Å². The van der Waals surface area contributed by atoms with Crippen LogP contribution in [0, 0.1) is 0 Å². The molecule has 28 heavy (non-hydrogen) atoms. The van der Waals surface area contributed by atoms with Crippen LogP contribution in [-0.4, -0.2) is 38.2 Å². The van der Waals surface area contributed by atoms with Crippen molar-refractivity contribution in [3.8, 4) is 0 Å². The van der Waals surface area contributed by atoms with E-state index in [1.807, 2.05) is 70.2 Å². The van der Waals surface area contributed by atoms with Crippen molar-refractivity contribution >= 4 is 17.3 Å². The summed E-state index contributed by atoms with van der Waals surface area (Å²) in [5.74, 6) is -0.241. The van der Waals surface area contributed by atoms with Gasteiger partial charge in [0.15, 0.2) is 5.69 Å². The largest absolute Gasteiger partial charge is 0.348 e. The third-order valence-electron chi connectivity index (χ3n) is 4.45. The molecule has 6 heteroatoms. The molecule has 2 heterocycles. The number of pyridine rings is 1. The summed E-state index contributed by atoms with van der Waals surface area (Å²) in [4.78, 5) is 32.2. The van der Waals surface area contributed by atoms with Crippen molar-refractivity contribution in [1.29, 1.82) is 0 Å². The second-order valence-electron chi connectivity index (χ2n) is 7.38. The average molecular weight is 378 g/mol. The van der Waals surface area contributed by atoms with Crippen LogP contribution in [0.15, 0.2) is 54.7 Å². The molecular formula is C22H26N4O2. The Bertz CT molecular complexity index is 977. The maximum atomic E-state index is 13.4. The van der Waals surface area contributed by atoms with E-state index in [1.165, 1.54) is 0 Å². The lowest BCUT2D eigenvalue weighted by molar-refractivity contribution is 0.0677. The van der Waals surface area contributed by atoms with Crippen molar-refractivity contribution in [2.24, 2.45) is 0 Å². The molecule has 2 amide bonds. The number of aromatic nitrogens is 2. The van der Waals surface area contributed by atoms with Gasteiger partial charge in [0.2, 0.25) is 5.82 Å². The average Bonchev–Trinajstić information content (AvgIpc) is 3.05. The summed E-state index contributed by atoms with van der Waals surface area (Å²) in [6, 6.07) is 15.3. The Balaban J connectivity index is 2.01. The predicted octanol–water partition coefficient (Wildman–Crippen LogP) is 3.52. The summed E-state index contributed by atoms with van der Waals surface area (Å²) >= 11 is 0. The molecule has 0 saturated heterocycles. The SMILES string of the molecule is CC(C)NC(=O)c1nc(C(=O)N(Cc2ccccc2)C(C)C)n2ccccc12. The molecular weight excluding hydrogens is 352 g/mol. The molecule has 146 valence electrons. The zero-order chi connectivity index (χ0) is 20.3. The number of carbonyl (C=O) groups excluding carboxylic acids is 2. The second kappa shape index (κ2) is 8.25. The number of rotatable bonds is 6. The van der Waals surface area contributed by atoms with Crippen LogP contribution in [0.3, 0.4) is 0 Å². The first-order valence-electron chi connectivity index (χ1n) is 9.51. The lowest BCUT2D eigenvalue weighted by Gasteiger charge is -2.26. The molecule has 3 rings (SSSR count). The van der Waals surface area contributed by atoms with Crippen LogP contribution in [-0.2, 0) is 6.54 Å². The molecule has 2 aromatic heterocycles. The monoisotopic (exact) mass is 378 g/mol. The zero-order valence-corrected chi connectivity index (χ0v) is 16.7. The van der Waals surface area contributed by atoms with E-state index in [0.29, 0.717) is 12.1 Å². The minimum Gasteiger partial charge on any atom is -0.348 e. The number of carbonyl (C=O) groups is 2. The molecule has 0 bridgehead atoms. The first-order chi connectivity index (χ1) is 13.4. The molecule has 1 N–H and O–H groups in total. The number of nitrogens with zero attached hydrogens (tertiary/aromatic N) is 3. The van der Waals surface area contributed by atoms with E-state index in [-0.39, 0.29) is 35.4 Å². The highest BCUT2D eigenvalue weighted by Gasteiger charge is 2.26. The van der Waals surface area contributed by atoms with Crippen LogP contribution < -0.4 is 5.32 Å². The van der Waals surface area contributed by atoms with Gasteiger partial charge >= 0.3 is 0 Å². The van der Waals surface area contributed by atoms with Gasteiger partial charge in [-0.15, -0.1) is 0 Å². The highest BCUT2D eigenvalue weighted by Crippen LogP contribution is 2.18. The normalized spacial score (nSPS) is 11.2. The van der Waals surface area contributed by atoms with Gasteiger partial charge in [-0.1, -0.05) is 36.4 Å². The zero-order valence-electron chi connectivity index (χ0n) is 16.7. The minimum absolute atomic E-state index is 0.0163. The number of hydrogen-bond donors (Lipinski definition) is 1. The maximum absolute atomic E-state index is 13.4. The van der Waals surface area contributed by atoms with Gasteiger partial charge < -0.3 is 10.2 Å². The quantitative estimate of drug-likeness (QED) is 0.714. The van der Waals surface area contributed by atoms with Crippen molar-refractivity contribution in [2.75, 3.05) is 0 Å². The van der Waals surface area contributed by atoms with Crippen molar-refractivity contribution in [3.63, 3.8) is 0 Å². The molecule has 0 aliphatic heterocycles. The van der Waals surface area contributed by atoms with E-state index in [0.717, 1.165) is 5.56 Å². The first-order valence-corrected chi connectivity index (χ1v) is 9.51. The Labute approximate surface area is 165 Å². The van der Waals surface area contributed by atoms with Crippen LogP contribution in [0.25, 0.3) is 5.52 Å². The van der Waals surface area contributed by atoms with E-state index in [4.69, 9.17) is 0 Å². The van der Waals surface area contributed by atoms with Crippen LogP contribution in [0.4, 0.5) is 0 Å². The second-order valence-corrected chi connectivity index (χ2v) is 7.38. The third kappa shape index (κ3) is 4.06. The fourth-order valence-electron chi connectivity index (χ4n) is 3.08. The number of imidazole rings is 1. The van der Waals surface area contributed by atoms with E-state index in [2.05, 4.69) is 10.3 Å². The van der Waals surface area contributed by atoms with Gasteiger partial charge in [-0.25, -0.2) is 4.98 Å². The molecule has 0 atom stereocenters. The van der Waals surface area contributed by atoms with Gasteiger partial charge in [0.25, 0.3) is 11.8 Å². The number of benzene rings is 1. The van der Waals surface area contributed by atoms with E-state index in [1.54, 1.807) is 21.6 Å². The molecule has 0 saturated carbocycles.